The van der Waals surface area contributed by atoms with Crippen LogP contribution in [-0.4, -0.2) is 52.2 Å². The van der Waals surface area contributed by atoms with Gasteiger partial charge in [-0.2, -0.15) is 0 Å². The van der Waals surface area contributed by atoms with Gasteiger partial charge in [0.2, 0.25) is 5.78 Å². The fraction of sp³-hybridized carbons (Fsp3) is 0.783. The second kappa shape index (κ2) is 6.95. The van der Waals surface area contributed by atoms with Crippen LogP contribution in [0.2, 0.25) is 0 Å². The molecule has 0 aromatic heterocycles. The molecule has 30 heavy (non-hydrogen) atoms. The SMILES string of the molecule is CC(=O)OCC(=O)[C@@]1(O)CCC2C3C[C@H](F)C4=CC(=O)CCC4(C)C3C(O)CC21C. The first-order valence-electron chi connectivity index (χ1n) is 10.9. The average molecular weight is 422 g/mol. The second-order valence-corrected chi connectivity index (χ2v) is 10.3. The number of alkyl halides is 1. The summed E-state index contributed by atoms with van der Waals surface area (Å²) in [5.41, 5.74) is -2.74. The lowest BCUT2D eigenvalue weighted by atomic mass is 9.45. The molecular weight excluding hydrogens is 391 g/mol. The molecule has 7 heteroatoms. The number of ether oxygens (including phenoxy) is 1. The van der Waals surface area contributed by atoms with Gasteiger partial charge in [-0.05, 0) is 66.9 Å². The maximum absolute atomic E-state index is 15.3. The summed E-state index contributed by atoms with van der Waals surface area (Å²) >= 11 is 0. The van der Waals surface area contributed by atoms with Gasteiger partial charge in [-0.15, -0.1) is 0 Å². The van der Waals surface area contributed by atoms with Crippen LogP contribution in [0.3, 0.4) is 0 Å². The van der Waals surface area contributed by atoms with E-state index in [9.17, 15) is 24.6 Å². The molecule has 4 aliphatic rings. The molecule has 0 heterocycles. The van der Waals surface area contributed by atoms with Crippen molar-refractivity contribution in [1.29, 1.82) is 0 Å². The van der Waals surface area contributed by atoms with Gasteiger partial charge in [0.25, 0.3) is 0 Å². The Morgan fingerprint density at radius 1 is 1.30 bits per heavy atom. The maximum Gasteiger partial charge on any atom is 0.303 e. The van der Waals surface area contributed by atoms with Gasteiger partial charge in [-0.3, -0.25) is 14.4 Å². The zero-order valence-electron chi connectivity index (χ0n) is 17.8. The number of ketones is 2. The van der Waals surface area contributed by atoms with Gasteiger partial charge < -0.3 is 14.9 Å². The maximum atomic E-state index is 15.3. The molecule has 4 rings (SSSR count). The summed E-state index contributed by atoms with van der Waals surface area (Å²) in [5.74, 6) is -1.76. The molecule has 0 aliphatic heterocycles. The number of aliphatic hydroxyl groups is 2. The number of allylic oxidation sites excluding steroid dienone is 1. The second-order valence-electron chi connectivity index (χ2n) is 10.3. The van der Waals surface area contributed by atoms with E-state index in [0.717, 1.165) is 0 Å². The monoisotopic (exact) mass is 422 g/mol. The van der Waals surface area contributed by atoms with Crippen LogP contribution >= 0.6 is 0 Å². The first kappa shape index (κ1) is 21.6. The molecular formula is C23H31FO6. The summed E-state index contributed by atoms with van der Waals surface area (Å²) in [6.45, 7) is 4.46. The summed E-state index contributed by atoms with van der Waals surface area (Å²) in [7, 11) is 0. The van der Waals surface area contributed by atoms with Crippen LogP contribution in [0.1, 0.15) is 59.3 Å². The lowest BCUT2D eigenvalue weighted by Crippen LogP contribution is -2.63. The van der Waals surface area contributed by atoms with E-state index < -0.39 is 47.1 Å². The average Bonchev–Trinajstić information content (AvgIpc) is 2.93. The number of esters is 1. The number of carbonyl (C=O) groups is 3. The number of hydrogen-bond donors (Lipinski definition) is 2. The molecule has 3 saturated carbocycles. The summed E-state index contributed by atoms with van der Waals surface area (Å²) in [4.78, 5) is 35.9. The smallest absolute Gasteiger partial charge is 0.303 e. The molecule has 0 aromatic rings. The molecule has 2 N–H and O–H groups in total. The van der Waals surface area contributed by atoms with Crippen molar-refractivity contribution in [2.24, 2.45) is 28.6 Å². The Bertz CT molecular complexity index is 823. The van der Waals surface area contributed by atoms with E-state index >= 15 is 4.39 Å². The fourth-order valence-corrected chi connectivity index (χ4v) is 7.44. The fourth-order valence-electron chi connectivity index (χ4n) is 7.44. The zero-order chi connectivity index (χ0) is 22.1. The van der Waals surface area contributed by atoms with Crippen LogP contribution in [0, 0.1) is 28.6 Å². The zero-order valence-corrected chi connectivity index (χ0v) is 17.8. The van der Waals surface area contributed by atoms with Gasteiger partial charge in [-0.1, -0.05) is 13.8 Å². The van der Waals surface area contributed by atoms with Gasteiger partial charge in [-0.25, -0.2) is 4.39 Å². The molecule has 6 unspecified atom stereocenters. The lowest BCUT2D eigenvalue weighted by Gasteiger charge is -2.61. The largest absolute Gasteiger partial charge is 0.458 e. The summed E-state index contributed by atoms with van der Waals surface area (Å²) in [6, 6.07) is 0. The number of rotatable bonds is 3. The number of fused-ring (bicyclic) bond motifs is 5. The molecule has 3 fully saturated rings. The van der Waals surface area contributed by atoms with Crippen LogP contribution in [0.25, 0.3) is 0 Å². The van der Waals surface area contributed by atoms with Gasteiger partial charge in [0.1, 0.15) is 11.8 Å². The number of hydrogen-bond acceptors (Lipinski definition) is 6. The standard InChI is InChI=1S/C23H31FO6/c1-12(25)30-11-19(28)23(29)7-5-15-14-9-17(24)16-8-13(26)4-6-21(16,2)20(14)18(27)10-22(15,23)3/h8,14-15,17-18,20,27,29H,4-7,9-11H2,1-3H3/t14?,15?,17-,18?,20?,21?,22?,23-/m0/s1. The Labute approximate surface area is 175 Å². The van der Waals surface area contributed by atoms with Crippen molar-refractivity contribution in [3.05, 3.63) is 11.6 Å². The van der Waals surface area contributed by atoms with Crippen LogP contribution in [-0.2, 0) is 19.1 Å². The Morgan fingerprint density at radius 2 is 2.00 bits per heavy atom. The number of carbonyl (C=O) groups excluding carboxylic acids is 3. The highest BCUT2D eigenvalue weighted by atomic mass is 19.1. The third-order valence-electron chi connectivity index (χ3n) is 8.89. The summed E-state index contributed by atoms with van der Waals surface area (Å²) < 4.78 is 20.1. The van der Waals surface area contributed by atoms with Crippen molar-refractivity contribution in [3.8, 4) is 0 Å². The lowest BCUT2D eigenvalue weighted by molar-refractivity contribution is -0.186. The van der Waals surface area contributed by atoms with E-state index in [1.165, 1.54) is 13.0 Å². The molecule has 8 atom stereocenters. The van der Waals surface area contributed by atoms with Gasteiger partial charge in [0.15, 0.2) is 12.4 Å². The highest BCUT2D eigenvalue weighted by Gasteiger charge is 2.69. The van der Waals surface area contributed by atoms with Gasteiger partial charge >= 0.3 is 5.97 Å². The van der Waals surface area contributed by atoms with E-state index in [2.05, 4.69) is 0 Å². The Morgan fingerprint density at radius 3 is 2.67 bits per heavy atom. The van der Waals surface area contributed by atoms with E-state index in [1.54, 1.807) is 6.92 Å². The molecule has 0 aromatic carbocycles. The van der Waals surface area contributed by atoms with Crippen LogP contribution in [0.15, 0.2) is 11.6 Å². The van der Waals surface area contributed by atoms with E-state index in [0.29, 0.717) is 24.8 Å². The Kier molecular flexibility index (Phi) is 5.01. The van der Waals surface area contributed by atoms with Crippen molar-refractivity contribution in [1.82, 2.24) is 0 Å². The van der Waals surface area contributed by atoms with Crippen molar-refractivity contribution < 1.29 is 33.7 Å². The van der Waals surface area contributed by atoms with Crippen LogP contribution in [0.4, 0.5) is 4.39 Å². The number of halogens is 1. The van der Waals surface area contributed by atoms with Gasteiger partial charge in [0.05, 0.1) is 6.10 Å². The predicted octanol–water partition coefficient (Wildman–Crippen LogP) is 2.30. The third kappa shape index (κ3) is 2.84. The quantitative estimate of drug-likeness (QED) is 0.677. The van der Waals surface area contributed by atoms with Crippen molar-refractivity contribution >= 4 is 17.5 Å². The van der Waals surface area contributed by atoms with Crippen LogP contribution in [0.5, 0.6) is 0 Å². The molecule has 0 bridgehead atoms. The van der Waals surface area contributed by atoms with E-state index in [1.807, 2.05) is 6.92 Å². The highest BCUT2D eigenvalue weighted by Crippen LogP contribution is 2.67. The first-order valence-corrected chi connectivity index (χ1v) is 10.9. The third-order valence-corrected chi connectivity index (χ3v) is 8.89. The normalized spacial score (nSPS) is 47.6. The molecule has 0 radical (unpaired) electrons. The molecule has 0 saturated heterocycles. The molecule has 6 nitrogen and oxygen atoms in total. The number of aliphatic hydroxyl groups excluding tert-OH is 1. The van der Waals surface area contributed by atoms with Crippen molar-refractivity contribution in [2.75, 3.05) is 6.61 Å². The minimum atomic E-state index is -1.72. The topological polar surface area (TPSA) is 101 Å². The summed E-state index contributed by atoms with van der Waals surface area (Å²) in [5, 5.41) is 22.7. The minimum Gasteiger partial charge on any atom is -0.458 e. The molecule has 0 spiro atoms. The summed E-state index contributed by atoms with van der Waals surface area (Å²) in [6.07, 6.45) is 1.37. The van der Waals surface area contributed by atoms with Crippen LogP contribution < -0.4 is 0 Å². The predicted molar refractivity (Wildman–Crippen MR) is 105 cm³/mol. The van der Waals surface area contributed by atoms with E-state index in [-0.39, 0.29) is 42.8 Å². The molecule has 0 amide bonds. The Hall–Kier alpha value is -1.60. The van der Waals surface area contributed by atoms with Crippen molar-refractivity contribution in [3.63, 3.8) is 0 Å². The van der Waals surface area contributed by atoms with E-state index in [4.69, 9.17) is 4.74 Å². The first-order chi connectivity index (χ1) is 13.9. The highest BCUT2D eigenvalue weighted by molar-refractivity contribution is 5.92. The molecule has 166 valence electrons. The van der Waals surface area contributed by atoms with Gasteiger partial charge in [0, 0.05) is 18.8 Å². The molecule has 4 aliphatic carbocycles. The van der Waals surface area contributed by atoms with Crippen molar-refractivity contribution in [2.45, 2.75) is 77.2 Å². The minimum absolute atomic E-state index is 0.0648. The number of Topliss-reactive ketones (excluding diaryl/α,β-unsaturated/α-hetero) is 1. The Balaban J connectivity index is 1.69.